The summed E-state index contributed by atoms with van der Waals surface area (Å²) in [6.07, 6.45) is 0. The lowest BCUT2D eigenvalue weighted by atomic mass is 10.0. The smallest absolute Gasteiger partial charge is 0.282 e. The van der Waals surface area contributed by atoms with E-state index in [9.17, 15) is 14.9 Å². The van der Waals surface area contributed by atoms with E-state index >= 15 is 0 Å². The highest BCUT2D eigenvalue weighted by Crippen LogP contribution is 2.22. The van der Waals surface area contributed by atoms with Crippen LogP contribution in [0.4, 0.5) is 5.69 Å². The van der Waals surface area contributed by atoms with Gasteiger partial charge in [0.25, 0.3) is 11.6 Å². The normalized spacial score (nSPS) is 13.7. The van der Waals surface area contributed by atoms with Crippen molar-refractivity contribution in [1.82, 2.24) is 5.32 Å². The molecular formula is C13H17ClN2O3. The molecule has 0 radical (unpaired) electrons. The Hall–Kier alpha value is -1.62. The molecule has 0 bridgehead atoms. The third-order valence-electron chi connectivity index (χ3n) is 3.13. The zero-order chi connectivity index (χ0) is 14.6. The number of hydrogen-bond donors (Lipinski definition) is 1. The lowest BCUT2D eigenvalue weighted by Gasteiger charge is -2.19. The molecule has 0 aromatic heterocycles. The number of carbonyl (C=O) groups excluding carboxylic acids is 1. The van der Waals surface area contributed by atoms with Crippen LogP contribution in [-0.2, 0) is 0 Å². The van der Waals surface area contributed by atoms with Crippen molar-refractivity contribution >= 4 is 23.2 Å². The van der Waals surface area contributed by atoms with Gasteiger partial charge in [0.15, 0.2) is 0 Å². The molecule has 1 amide bonds. The van der Waals surface area contributed by atoms with Crippen LogP contribution < -0.4 is 5.32 Å². The number of benzene rings is 1. The molecule has 0 aliphatic heterocycles. The van der Waals surface area contributed by atoms with E-state index in [1.54, 1.807) is 19.1 Å². The standard InChI is InChI=1S/C13H17ClN2O3/c1-8-5-4-6-11(16(18)19)12(8)13(17)15-10(3)9(2)7-14/h4-6,9-10H,7H2,1-3H3,(H,15,17). The summed E-state index contributed by atoms with van der Waals surface area (Å²) >= 11 is 5.73. The summed E-state index contributed by atoms with van der Waals surface area (Å²) in [4.78, 5) is 22.6. The summed E-state index contributed by atoms with van der Waals surface area (Å²) < 4.78 is 0. The lowest BCUT2D eigenvalue weighted by Crippen LogP contribution is -2.38. The molecular weight excluding hydrogens is 268 g/mol. The summed E-state index contributed by atoms with van der Waals surface area (Å²) in [6.45, 7) is 5.41. The van der Waals surface area contributed by atoms with Gasteiger partial charge in [0.2, 0.25) is 0 Å². The van der Waals surface area contributed by atoms with E-state index < -0.39 is 10.8 Å². The van der Waals surface area contributed by atoms with Crippen LogP contribution in [0.25, 0.3) is 0 Å². The van der Waals surface area contributed by atoms with Gasteiger partial charge < -0.3 is 5.32 Å². The number of halogens is 1. The van der Waals surface area contributed by atoms with Crippen molar-refractivity contribution in [2.45, 2.75) is 26.8 Å². The van der Waals surface area contributed by atoms with Crippen molar-refractivity contribution in [2.75, 3.05) is 5.88 Å². The second-order valence-electron chi connectivity index (χ2n) is 4.62. The number of nitrogens with one attached hydrogen (secondary N) is 1. The first-order valence-corrected chi connectivity index (χ1v) is 6.52. The summed E-state index contributed by atoms with van der Waals surface area (Å²) in [5.41, 5.74) is 0.516. The highest BCUT2D eigenvalue weighted by Gasteiger charge is 2.24. The number of aryl methyl sites for hydroxylation is 1. The minimum absolute atomic E-state index is 0.0914. The van der Waals surface area contributed by atoms with Crippen LogP contribution in [0.1, 0.15) is 29.8 Å². The van der Waals surface area contributed by atoms with Gasteiger partial charge in [-0.1, -0.05) is 19.1 Å². The van der Waals surface area contributed by atoms with E-state index in [4.69, 9.17) is 11.6 Å². The van der Waals surface area contributed by atoms with Crippen LogP contribution in [0.15, 0.2) is 18.2 Å². The fourth-order valence-electron chi connectivity index (χ4n) is 1.65. The predicted molar refractivity (Wildman–Crippen MR) is 74.6 cm³/mol. The Morgan fingerprint density at radius 1 is 1.47 bits per heavy atom. The number of amides is 1. The van der Waals surface area contributed by atoms with Crippen LogP contribution in [0.3, 0.4) is 0 Å². The molecule has 0 spiro atoms. The second kappa shape index (κ2) is 6.52. The number of carbonyl (C=O) groups is 1. The van der Waals surface area contributed by atoms with E-state index in [0.717, 1.165) is 0 Å². The van der Waals surface area contributed by atoms with Crippen LogP contribution in [-0.4, -0.2) is 22.8 Å². The Bertz CT molecular complexity index is 491. The average molecular weight is 285 g/mol. The molecule has 0 fully saturated rings. The largest absolute Gasteiger partial charge is 0.349 e. The predicted octanol–water partition coefficient (Wildman–Crippen LogP) is 2.90. The van der Waals surface area contributed by atoms with Gasteiger partial charge in [0.1, 0.15) is 5.56 Å². The third kappa shape index (κ3) is 3.67. The average Bonchev–Trinajstić information content (AvgIpc) is 2.36. The second-order valence-corrected chi connectivity index (χ2v) is 4.93. The van der Waals surface area contributed by atoms with Gasteiger partial charge in [0.05, 0.1) is 4.92 Å². The number of hydrogen-bond acceptors (Lipinski definition) is 3. The van der Waals surface area contributed by atoms with Gasteiger partial charge in [-0.15, -0.1) is 11.6 Å². The SMILES string of the molecule is Cc1cccc([N+](=O)[O-])c1C(=O)NC(C)C(C)CCl. The highest BCUT2D eigenvalue weighted by molar-refractivity contribution is 6.18. The Morgan fingerprint density at radius 2 is 2.11 bits per heavy atom. The molecule has 2 unspecified atom stereocenters. The number of nitrogens with zero attached hydrogens (tertiary/aromatic N) is 1. The molecule has 0 aliphatic carbocycles. The van der Waals surface area contributed by atoms with Gasteiger partial charge >= 0.3 is 0 Å². The molecule has 0 saturated carbocycles. The van der Waals surface area contributed by atoms with Gasteiger partial charge in [-0.3, -0.25) is 14.9 Å². The summed E-state index contributed by atoms with van der Waals surface area (Å²) in [5, 5.41) is 13.7. The Labute approximate surface area is 117 Å². The Morgan fingerprint density at radius 3 is 2.63 bits per heavy atom. The minimum Gasteiger partial charge on any atom is -0.349 e. The van der Waals surface area contributed by atoms with Crippen molar-refractivity contribution in [3.05, 3.63) is 39.4 Å². The molecule has 104 valence electrons. The van der Waals surface area contributed by atoms with Crippen LogP contribution in [0.5, 0.6) is 0 Å². The molecule has 1 aromatic rings. The molecule has 1 aromatic carbocycles. The first kappa shape index (κ1) is 15.4. The first-order chi connectivity index (χ1) is 8.88. The van der Waals surface area contributed by atoms with E-state index in [-0.39, 0.29) is 23.2 Å². The fourth-order valence-corrected chi connectivity index (χ4v) is 1.92. The zero-order valence-corrected chi connectivity index (χ0v) is 11.9. The van der Waals surface area contributed by atoms with Crippen LogP contribution in [0, 0.1) is 23.0 Å². The quantitative estimate of drug-likeness (QED) is 0.513. The molecule has 1 N–H and O–H groups in total. The molecule has 1 rings (SSSR count). The maximum atomic E-state index is 12.2. The lowest BCUT2D eigenvalue weighted by molar-refractivity contribution is -0.385. The monoisotopic (exact) mass is 284 g/mol. The van der Waals surface area contributed by atoms with Crippen molar-refractivity contribution in [3.8, 4) is 0 Å². The van der Waals surface area contributed by atoms with E-state index in [1.165, 1.54) is 6.07 Å². The van der Waals surface area contributed by atoms with Gasteiger partial charge in [-0.05, 0) is 25.3 Å². The minimum atomic E-state index is -0.544. The van der Waals surface area contributed by atoms with Gasteiger partial charge in [-0.2, -0.15) is 0 Å². The molecule has 0 aliphatic rings. The number of nitro benzene ring substituents is 1. The van der Waals surface area contributed by atoms with Crippen molar-refractivity contribution in [2.24, 2.45) is 5.92 Å². The fraction of sp³-hybridized carbons (Fsp3) is 0.462. The maximum absolute atomic E-state index is 12.2. The Kier molecular flexibility index (Phi) is 5.30. The van der Waals surface area contributed by atoms with Crippen LogP contribution >= 0.6 is 11.6 Å². The molecule has 6 heteroatoms. The maximum Gasteiger partial charge on any atom is 0.282 e. The molecule has 2 atom stereocenters. The zero-order valence-electron chi connectivity index (χ0n) is 11.1. The number of rotatable bonds is 5. The van der Waals surface area contributed by atoms with Crippen molar-refractivity contribution < 1.29 is 9.72 Å². The van der Waals surface area contributed by atoms with E-state index in [0.29, 0.717) is 11.4 Å². The first-order valence-electron chi connectivity index (χ1n) is 5.99. The van der Waals surface area contributed by atoms with E-state index in [2.05, 4.69) is 5.32 Å². The summed E-state index contributed by atoms with van der Waals surface area (Å²) in [7, 11) is 0. The third-order valence-corrected chi connectivity index (χ3v) is 3.62. The molecule has 5 nitrogen and oxygen atoms in total. The molecule has 19 heavy (non-hydrogen) atoms. The van der Waals surface area contributed by atoms with Gasteiger partial charge in [0, 0.05) is 18.0 Å². The number of nitro groups is 1. The van der Waals surface area contributed by atoms with E-state index in [1.807, 2.05) is 13.8 Å². The molecule has 0 heterocycles. The van der Waals surface area contributed by atoms with Crippen LogP contribution in [0.2, 0.25) is 0 Å². The molecule has 0 saturated heterocycles. The summed E-state index contributed by atoms with van der Waals surface area (Å²) in [6, 6.07) is 4.42. The topological polar surface area (TPSA) is 72.2 Å². The van der Waals surface area contributed by atoms with Crippen molar-refractivity contribution in [3.63, 3.8) is 0 Å². The van der Waals surface area contributed by atoms with Gasteiger partial charge in [-0.25, -0.2) is 0 Å². The Balaban J connectivity index is 3.03. The van der Waals surface area contributed by atoms with Crippen molar-refractivity contribution in [1.29, 1.82) is 0 Å². The summed E-state index contributed by atoms with van der Waals surface area (Å²) in [5.74, 6) is 0.0695. The number of alkyl halides is 1. The highest BCUT2D eigenvalue weighted by atomic mass is 35.5.